The molecule has 2 saturated heterocycles. The Morgan fingerprint density at radius 1 is 0.672 bits per heavy atom. The first-order valence-electron chi connectivity index (χ1n) is 21.7. The predicted octanol–water partition coefficient (Wildman–Crippen LogP) is 9.43. The molecule has 0 saturated carbocycles. The third-order valence-corrected chi connectivity index (χ3v) is 8.87. The van der Waals surface area contributed by atoms with Crippen LogP contribution in [0.3, 0.4) is 0 Å². The van der Waals surface area contributed by atoms with Crippen LogP contribution >= 0.6 is 0 Å². The Bertz CT molecular complexity index is 1760. The average Bonchev–Trinajstić information content (AvgIpc) is 3.82. The van der Waals surface area contributed by atoms with Crippen LogP contribution in [0.5, 0.6) is 0 Å². The quantitative estimate of drug-likeness (QED) is 0.0612. The fraction of sp³-hybridized carbons (Fsp3) is 0.438. The highest BCUT2D eigenvalue weighted by atomic mass is 16.6. The fourth-order valence-electron chi connectivity index (χ4n) is 5.55. The van der Waals surface area contributed by atoms with Crippen molar-refractivity contribution in [1.82, 2.24) is 0 Å². The van der Waals surface area contributed by atoms with Gasteiger partial charge in [-0.15, -0.1) is 0 Å². The van der Waals surface area contributed by atoms with E-state index < -0.39 is 10.9 Å². The first-order chi connectivity index (χ1) is 29.4. The number of hydrogen-bond acceptors (Lipinski definition) is 9. The monoisotopic (exact) mass is 840 g/mol. The summed E-state index contributed by atoms with van der Waals surface area (Å²) < 4.78 is 11.1. The van der Waals surface area contributed by atoms with E-state index >= 15 is 0 Å². The number of amides is 2. The topological polar surface area (TPSA) is 163 Å². The van der Waals surface area contributed by atoms with Gasteiger partial charge in [-0.1, -0.05) is 113 Å². The van der Waals surface area contributed by atoms with Gasteiger partial charge in [0.25, 0.3) is 5.69 Å². The Kier molecular flexibility index (Phi) is 29.1. The smallest absolute Gasteiger partial charge is 0.493 e. The number of carboxylic acids is 1. The summed E-state index contributed by atoms with van der Waals surface area (Å²) in [5, 5.41) is 25.2. The van der Waals surface area contributed by atoms with Crippen molar-refractivity contribution in [3.05, 3.63) is 124 Å². The molecular weight excluding hydrogens is 771 g/mol. The van der Waals surface area contributed by atoms with Crippen LogP contribution in [-0.2, 0) is 23.7 Å². The second-order valence-corrected chi connectivity index (χ2v) is 14.1. The van der Waals surface area contributed by atoms with Gasteiger partial charge in [-0.2, -0.15) is 0 Å². The third kappa shape index (κ3) is 25.0. The van der Waals surface area contributed by atoms with Crippen molar-refractivity contribution >= 4 is 53.1 Å². The van der Waals surface area contributed by atoms with Crippen molar-refractivity contribution in [1.29, 1.82) is 0 Å². The lowest BCUT2D eigenvalue weighted by Gasteiger charge is -2.20. The maximum absolute atomic E-state index is 11.7. The van der Waals surface area contributed by atoms with Crippen molar-refractivity contribution in [2.24, 2.45) is 0 Å². The maximum Gasteiger partial charge on any atom is 0.493 e. The van der Waals surface area contributed by atoms with Gasteiger partial charge in [0, 0.05) is 74.3 Å². The highest BCUT2D eigenvalue weighted by Gasteiger charge is 2.24. The summed E-state index contributed by atoms with van der Waals surface area (Å²) in [6.45, 7) is 17.4. The zero-order valence-electron chi connectivity index (χ0n) is 37.5. The van der Waals surface area contributed by atoms with Crippen LogP contribution < -0.4 is 26.1 Å². The fourth-order valence-corrected chi connectivity index (χ4v) is 5.55. The number of nitrogens with one attached hydrogen (secondary N) is 2. The van der Waals surface area contributed by atoms with Gasteiger partial charge in [0.05, 0.1) is 4.92 Å². The minimum absolute atomic E-state index is 0.0800. The Morgan fingerprint density at radius 2 is 1.16 bits per heavy atom. The van der Waals surface area contributed by atoms with Gasteiger partial charge >= 0.3 is 7.12 Å². The van der Waals surface area contributed by atoms with Crippen LogP contribution in [0, 0.1) is 24.0 Å². The number of nitro groups is 1. The lowest BCUT2D eigenvalue weighted by atomic mass is 9.78. The van der Waals surface area contributed by atoms with E-state index in [-0.39, 0.29) is 31.0 Å². The minimum Gasteiger partial charge on any atom is -0.550 e. The molecule has 0 radical (unpaired) electrons. The molecule has 0 atom stereocenters. The lowest BCUT2D eigenvalue weighted by molar-refractivity contribution is -0.384. The number of unbranched alkanes of at least 4 members (excludes halogenated alkanes) is 2. The summed E-state index contributed by atoms with van der Waals surface area (Å²) in [5.41, 5.74) is 6.47. The first-order valence-corrected chi connectivity index (χ1v) is 21.7. The molecule has 2 fully saturated rings. The molecule has 2 aliphatic rings. The van der Waals surface area contributed by atoms with Crippen LogP contribution in [0.1, 0.15) is 110 Å². The first kappa shape index (κ1) is 53.5. The van der Waals surface area contributed by atoms with Crippen LogP contribution in [0.2, 0.25) is 0 Å². The zero-order chi connectivity index (χ0) is 45.3. The van der Waals surface area contributed by atoms with Crippen molar-refractivity contribution in [2.45, 2.75) is 113 Å². The highest BCUT2D eigenvalue weighted by molar-refractivity contribution is 6.61. The summed E-state index contributed by atoms with van der Waals surface area (Å²) in [6, 6.07) is 32.5. The van der Waals surface area contributed by atoms with Gasteiger partial charge in [0.15, 0.2) is 0 Å². The third-order valence-electron chi connectivity index (χ3n) is 8.87. The Balaban J connectivity index is 0.000000407. The molecular formula is C48H68BN4O8-. The maximum atomic E-state index is 11.7. The van der Waals surface area contributed by atoms with E-state index in [0.717, 1.165) is 80.8 Å². The molecule has 2 amide bonds. The molecule has 4 aromatic carbocycles. The Hall–Kier alpha value is -5.53. The number of benzene rings is 4. The summed E-state index contributed by atoms with van der Waals surface area (Å²) in [6.07, 6.45) is 8.87. The summed E-state index contributed by atoms with van der Waals surface area (Å²) in [4.78, 5) is 44.5. The van der Waals surface area contributed by atoms with E-state index in [1.54, 1.807) is 12.1 Å². The Labute approximate surface area is 364 Å². The van der Waals surface area contributed by atoms with E-state index in [1.165, 1.54) is 43.1 Å². The predicted molar refractivity (Wildman–Crippen MR) is 248 cm³/mol. The van der Waals surface area contributed by atoms with Gasteiger partial charge < -0.3 is 34.7 Å². The SMILES string of the molecule is CC.CCC(=O)[O-].CCCC(=O)Nc1ccc(N2CCCC2)cc1.CCCCCC(=O)Nc1ccc(B2OCCCO2)cc1.Cc1ccc([N+](=O)[O-])cc1.Cc1ccccc1. The van der Waals surface area contributed by atoms with Crippen molar-refractivity contribution in [3.63, 3.8) is 0 Å². The molecule has 2 aliphatic heterocycles. The van der Waals surface area contributed by atoms with Crippen LogP contribution in [0.4, 0.5) is 22.7 Å². The number of carboxylic acid groups (broad SMARTS) is 1. The van der Waals surface area contributed by atoms with Crippen LogP contribution in [-0.4, -0.2) is 56.1 Å². The number of carbonyl (C=O) groups is 3. The molecule has 12 nitrogen and oxygen atoms in total. The van der Waals surface area contributed by atoms with Gasteiger partial charge in [-0.25, -0.2) is 0 Å². The zero-order valence-corrected chi connectivity index (χ0v) is 37.5. The normalized spacial score (nSPS) is 12.4. The molecule has 0 unspecified atom stereocenters. The van der Waals surface area contributed by atoms with Crippen molar-refractivity contribution in [3.8, 4) is 0 Å². The number of rotatable bonds is 12. The summed E-state index contributed by atoms with van der Waals surface area (Å²) >= 11 is 0. The second kappa shape index (κ2) is 33.2. The Morgan fingerprint density at radius 3 is 1.61 bits per heavy atom. The number of nitro benzene ring substituents is 1. The van der Waals surface area contributed by atoms with Crippen molar-refractivity contribution in [2.75, 3.05) is 41.8 Å². The number of non-ortho nitro benzene ring substituents is 1. The van der Waals surface area contributed by atoms with Gasteiger partial charge in [-0.05, 0) is 94.2 Å². The van der Waals surface area contributed by atoms with E-state index in [0.29, 0.717) is 12.8 Å². The molecule has 0 spiro atoms. The molecule has 332 valence electrons. The van der Waals surface area contributed by atoms with E-state index in [4.69, 9.17) is 9.31 Å². The highest BCUT2D eigenvalue weighted by Crippen LogP contribution is 2.22. The number of anilines is 3. The number of nitrogens with zero attached hydrogens (tertiary/aromatic N) is 2. The van der Waals surface area contributed by atoms with Gasteiger partial charge in [0.1, 0.15) is 0 Å². The molecule has 61 heavy (non-hydrogen) atoms. The molecule has 6 rings (SSSR count). The van der Waals surface area contributed by atoms with E-state index in [9.17, 15) is 29.6 Å². The van der Waals surface area contributed by atoms with E-state index in [1.807, 2.05) is 82.3 Å². The average molecular weight is 840 g/mol. The molecule has 2 heterocycles. The lowest BCUT2D eigenvalue weighted by Crippen LogP contribution is -2.40. The number of hydrogen-bond donors (Lipinski definition) is 2. The summed E-state index contributed by atoms with van der Waals surface area (Å²) in [7, 11) is -0.266. The second-order valence-electron chi connectivity index (χ2n) is 14.1. The van der Waals surface area contributed by atoms with Crippen LogP contribution in [0.15, 0.2) is 103 Å². The number of aliphatic carboxylic acids is 1. The van der Waals surface area contributed by atoms with Crippen LogP contribution in [0.25, 0.3) is 0 Å². The molecule has 0 aromatic heterocycles. The molecule has 0 bridgehead atoms. The molecule has 13 heteroatoms. The number of aryl methyl sites for hydroxylation is 2. The van der Waals surface area contributed by atoms with E-state index in [2.05, 4.69) is 53.6 Å². The largest absolute Gasteiger partial charge is 0.550 e. The van der Waals surface area contributed by atoms with Gasteiger partial charge in [-0.3, -0.25) is 19.7 Å². The minimum atomic E-state index is -0.995. The molecule has 2 N–H and O–H groups in total. The molecule has 0 aliphatic carbocycles. The van der Waals surface area contributed by atoms with Gasteiger partial charge in [0.2, 0.25) is 11.8 Å². The van der Waals surface area contributed by atoms with Crippen molar-refractivity contribution < 1.29 is 33.7 Å². The summed E-state index contributed by atoms with van der Waals surface area (Å²) in [5.74, 6) is -0.817. The molecule has 4 aromatic rings. The number of carbonyl (C=O) groups excluding carboxylic acids is 3. The standard InChI is InChI=1S/C15H22BNO3.C14H20N2O.C7H7NO2.C7H8.C3H6O2.C2H6/c1-2-3-4-6-15(18)17-14-9-7-13(8-10-14)16-19-11-5-12-20-16;1-2-5-14(17)15-12-6-8-13(9-7-12)16-10-3-4-11-16;1-6-2-4-7(5-3-6)8(9)10;1-7-5-3-2-4-6-7;1-2-3(4)5;1-2/h7-10H,2-6,11-12H2,1H3,(H,17,18);6-9H,2-5,10-11H2,1H3,(H,15,17);2-5H,1H3;2-6H,1H3;2H2,1H3,(H,4,5);1-2H3/p-1.